The fraction of sp³-hybridized carbons (Fsp3) is 0.688. The lowest BCUT2D eigenvalue weighted by atomic mass is 10.0. The maximum absolute atomic E-state index is 13.2. The van der Waals surface area contributed by atoms with Crippen LogP contribution in [-0.4, -0.2) is 52.9 Å². The molecule has 23 heavy (non-hydrogen) atoms. The molecule has 0 aromatic carbocycles. The Hall–Kier alpha value is -1.79. The second-order valence-corrected chi connectivity index (χ2v) is 6.33. The lowest BCUT2D eigenvalue weighted by Gasteiger charge is -2.33. The SMILES string of the molecule is CCc1cc(N2CCC(C(=O)N3CCC(F)(F)CC3)C2)ncn1. The molecule has 2 saturated heterocycles. The van der Waals surface area contributed by atoms with E-state index in [4.69, 9.17) is 0 Å². The van der Waals surface area contributed by atoms with Crippen LogP contribution < -0.4 is 4.90 Å². The summed E-state index contributed by atoms with van der Waals surface area (Å²) in [5.41, 5.74) is 0.975. The van der Waals surface area contributed by atoms with Crippen LogP contribution in [0, 0.1) is 5.92 Å². The van der Waals surface area contributed by atoms with E-state index in [2.05, 4.69) is 14.9 Å². The molecule has 2 fully saturated rings. The number of hydrogen-bond donors (Lipinski definition) is 0. The van der Waals surface area contributed by atoms with E-state index in [0.717, 1.165) is 30.9 Å². The molecule has 1 atom stereocenters. The number of hydrogen-bond acceptors (Lipinski definition) is 4. The van der Waals surface area contributed by atoms with E-state index in [1.165, 1.54) is 0 Å². The first-order chi connectivity index (χ1) is 11.0. The fourth-order valence-electron chi connectivity index (χ4n) is 3.23. The third kappa shape index (κ3) is 3.59. The van der Waals surface area contributed by atoms with E-state index in [1.807, 2.05) is 13.0 Å². The Morgan fingerprint density at radius 3 is 2.74 bits per heavy atom. The zero-order valence-electron chi connectivity index (χ0n) is 13.3. The van der Waals surface area contributed by atoms with E-state index in [9.17, 15) is 13.6 Å². The van der Waals surface area contributed by atoms with Crippen LogP contribution in [0.3, 0.4) is 0 Å². The number of amides is 1. The molecule has 3 heterocycles. The van der Waals surface area contributed by atoms with Gasteiger partial charge in [0.2, 0.25) is 5.91 Å². The lowest BCUT2D eigenvalue weighted by Crippen LogP contribution is -2.45. The summed E-state index contributed by atoms with van der Waals surface area (Å²) in [6, 6.07) is 1.95. The number of likely N-dealkylation sites (tertiary alicyclic amines) is 1. The average Bonchev–Trinajstić information content (AvgIpc) is 3.04. The van der Waals surface area contributed by atoms with Gasteiger partial charge in [-0.05, 0) is 12.8 Å². The molecule has 0 bridgehead atoms. The first-order valence-electron chi connectivity index (χ1n) is 8.21. The number of nitrogens with zero attached hydrogens (tertiary/aromatic N) is 4. The van der Waals surface area contributed by atoms with Crippen LogP contribution in [-0.2, 0) is 11.2 Å². The molecule has 0 N–H and O–H groups in total. The van der Waals surface area contributed by atoms with Gasteiger partial charge in [0.25, 0.3) is 5.92 Å². The summed E-state index contributed by atoms with van der Waals surface area (Å²) in [6.07, 6.45) is 2.70. The highest BCUT2D eigenvalue weighted by molar-refractivity contribution is 5.80. The van der Waals surface area contributed by atoms with Crippen molar-refractivity contribution in [3.63, 3.8) is 0 Å². The number of anilines is 1. The third-order valence-corrected chi connectivity index (χ3v) is 4.74. The molecule has 5 nitrogen and oxygen atoms in total. The minimum Gasteiger partial charge on any atom is -0.356 e. The largest absolute Gasteiger partial charge is 0.356 e. The predicted molar refractivity (Wildman–Crippen MR) is 82.5 cm³/mol. The number of aromatic nitrogens is 2. The predicted octanol–water partition coefficient (Wildman–Crippen LogP) is 2.12. The highest BCUT2D eigenvalue weighted by Crippen LogP contribution is 2.30. The molecule has 1 unspecified atom stereocenters. The summed E-state index contributed by atoms with van der Waals surface area (Å²) in [7, 11) is 0. The monoisotopic (exact) mass is 324 g/mol. The topological polar surface area (TPSA) is 49.3 Å². The van der Waals surface area contributed by atoms with E-state index in [-0.39, 0.29) is 37.8 Å². The maximum Gasteiger partial charge on any atom is 0.251 e. The molecule has 126 valence electrons. The van der Waals surface area contributed by atoms with E-state index < -0.39 is 5.92 Å². The standard InChI is InChI=1S/C16H22F2N4O/c1-2-13-9-14(20-11-19-13)22-6-3-12(10-22)15(23)21-7-4-16(17,18)5-8-21/h9,11-12H,2-8,10H2,1H3. The van der Waals surface area contributed by atoms with E-state index in [1.54, 1.807) is 11.2 Å². The Bertz CT molecular complexity index is 571. The van der Waals surface area contributed by atoms with Gasteiger partial charge in [-0.15, -0.1) is 0 Å². The van der Waals surface area contributed by atoms with Gasteiger partial charge in [0.1, 0.15) is 12.1 Å². The number of alkyl halides is 2. The van der Waals surface area contributed by atoms with Crippen LogP contribution in [0.25, 0.3) is 0 Å². The van der Waals surface area contributed by atoms with Crippen LogP contribution in [0.4, 0.5) is 14.6 Å². The Morgan fingerprint density at radius 1 is 1.30 bits per heavy atom. The summed E-state index contributed by atoms with van der Waals surface area (Å²) in [6.45, 7) is 3.73. The second kappa shape index (κ2) is 6.37. The van der Waals surface area contributed by atoms with Crippen LogP contribution in [0.15, 0.2) is 12.4 Å². The van der Waals surface area contributed by atoms with Gasteiger partial charge in [-0.1, -0.05) is 6.92 Å². The van der Waals surface area contributed by atoms with Crippen molar-refractivity contribution in [1.82, 2.24) is 14.9 Å². The summed E-state index contributed by atoms with van der Waals surface area (Å²) in [4.78, 5) is 24.7. The van der Waals surface area contributed by atoms with Crippen LogP contribution in [0.1, 0.15) is 31.9 Å². The van der Waals surface area contributed by atoms with Gasteiger partial charge in [0, 0.05) is 50.8 Å². The first-order valence-corrected chi connectivity index (χ1v) is 8.21. The number of halogens is 2. The van der Waals surface area contributed by atoms with E-state index >= 15 is 0 Å². The molecular weight excluding hydrogens is 302 g/mol. The Labute approximate surface area is 134 Å². The Morgan fingerprint density at radius 2 is 2.04 bits per heavy atom. The molecule has 3 rings (SSSR count). The van der Waals surface area contributed by atoms with Gasteiger partial charge in [-0.25, -0.2) is 18.7 Å². The molecule has 7 heteroatoms. The van der Waals surface area contributed by atoms with Crippen molar-refractivity contribution in [2.24, 2.45) is 5.92 Å². The number of rotatable bonds is 3. The molecule has 0 saturated carbocycles. The number of aryl methyl sites for hydroxylation is 1. The van der Waals surface area contributed by atoms with Crippen molar-refractivity contribution in [3.05, 3.63) is 18.1 Å². The molecule has 1 aromatic rings. The Balaban J connectivity index is 1.60. The van der Waals surface area contributed by atoms with Gasteiger partial charge in [0.15, 0.2) is 0 Å². The first kappa shape index (κ1) is 16.1. The molecule has 0 spiro atoms. The normalized spacial score (nSPS) is 24.0. The van der Waals surface area contributed by atoms with Crippen molar-refractivity contribution in [1.29, 1.82) is 0 Å². The zero-order chi connectivity index (χ0) is 16.4. The van der Waals surface area contributed by atoms with E-state index in [0.29, 0.717) is 6.54 Å². The van der Waals surface area contributed by atoms with Crippen molar-refractivity contribution in [2.75, 3.05) is 31.1 Å². The molecule has 2 aliphatic heterocycles. The minimum atomic E-state index is -2.62. The number of piperidine rings is 1. The van der Waals surface area contributed by atoms with Crippen molar-refractivity contribution in [3.8, 4) is 0 Å². The summed E-state index contributed by atoms with van der Waals surface area (Å²) >= 11 is 0. The average molecular weight is 324 g/mol. The molecule has 0 radical (unpaired) electrons. The van der Waals surface area contributed by atoms with Gasteiger partial charge >= 0.3 is 0 Å². The third-order valence-electron chi connectivity index (χ3n) is 4.74. The van der Waals surface area contributed by atoms with Crippen molar-refractivity contribution < 1.29 is 13.6 Å². The van der Waals surface area contributed by atoms with Crippen molar-refractivity contribution in [2.45, 2.75) is 38.5 Å². The van der Waals surface area contributed by atoms with Crippen LogP contribution in [0.2, 0.25) is 0 Å². The molecule has 1 amide bonds. The molecule has 0 aliphatic carbocycles. The Kier molecular flexibility index (Phi) is 4.46. The second-order valence-electron chi connectivity index (χ2n) is 6.33. The highest BCUT2D eigenvalue weighted by atomic mass is 19.3. The van der Waals surface area contributed by atoms with Gasteiger partial charge in [-0.3, -0.25) is 4.79 Å². The van der Waals surface area contributed by atoms with Crippen molar-refractivity contribution >= 4 is 11.7 Å². The molecule has 1 aromatic heterocycles. The maximum atomic E-state index is 13.2. The van der Waals surface area contributed by atoms with Crippen LogP contribution in [0.5, 0.6) is 0 Å². The number of carbonyl (C=O) groups is 1. The molecule has 2 aliphatic rings. The fourth-order valence-corrected chi connectivity index (χ4v) is 3.23. The van der Waals surface area contributed by atoms with Gasteiger partial charge < -0.3 is 9.80 Å². The number of carbonyl (C=O) groups excluding carboxylic acids is 1. The zero-order valence-corrected chi connectivity index (χ0v) is 13.3. The lowest BCUT2D eigenvalue weighted by molar-refractivity contribution is -0.140. The highest BCUT2D eigenvalue weighted by Gasteiger charge is 2.38. The van der Waals surface area contributed by atoms with Gasteiger partial charge in [0.05, 0.1) is 5.92 Å². The minimum absolute atomic E-state index is 0.00720. The summed E-state index contributed by atoms with van der Waals surface area (Å²) in [5, 5.41) is 0. The van der Waals surface area contributed by atoms with Crippen LogP contribution >= 0.6 is 0 Å². The summed E-state index contributed by atoms with van der Waals surface area (Å²) < 4.78 is 26.4. The molecular formula is C16H22F2N4O. The summed E-state index contributed by atoms with van der Waals surface area (Å²) in [5.74, 6) is -1.89. The van der Waals surface area contributed by atoms with Gasteiger partial charge in [-0.2, -0.15) is 0 Å². The smallest absolute Gasteiger partial charge is 0.251 e. The quantitative estimate of drug-likeness (QED) is 0.854.